The molecule has 5 heteroatoms. The van der Waals surface area contributed by atoms with E-state index in [4.69, 9.17) is 0 Å². The lowest BCUT2D eigenvalue weighted by atomic mass is 10.1. The zero-order chi connectivity index (χ0) is 13.0. The van der Waals surface area contributed by atoms with Crippen LogP contribution >= 0.6 is 15.9 Å². The zero-order valence-electron chi connectivity index (χ0n) is 10.3. The van der Waals surface area contributed by atoms with Crippen LogP contribution in [0.5, 0.6) is 0 Å². The van der Waals surface area contributed by atoms with E-state index in [-0.39, 0.29) is 17.7 Å². The number of hydrogen-bond donors (Lipinski definition) is 1. The van der Waals surface area contributed by atoms with E-state index in [2.05, 4.69) is 41.7 Å². The molecule has 4 nitrogen and oxygen atoms in total. The van der Waals surface area contributed by atoms with Gasteiger partial charge in [0, 0.05) is 30.5 Å². The SMILES string of the molecule is C=C(Br)CNC(=O)[C@H]1CC(=O)N(CC(C)C)C1. The second-order valence-electron chi connectivity index (χ2n) is 4.83. The van der Waals surface area contributed by atoms with Crippen LogP contribution in [0.4, 0.5) is 0 Å². The average Bonchev–Trinajstić information content (AvgIpc) is 2.56. The summed E-state index contributed by atoms with van der Waals surface area (Å²) in [4.78, 5) is 25.2. The molecule has 17 heavy (non-hydrogen) atoms. The minimum Gasteiger partial charge on any atom is -0.351 e. The number of rotatable bonds is 5. The van der Waals surface area contributed by atoms with Crippen LogP contribution in [0, 0.1) is 11.8 Å². The van der Waals surface area contributed by atoms with Gasteiger partial charge in [0.05, 0.1) is 5.92 Å². The van der Waals surface area contributed by atoms with Gasteiger partial charge in [-0.25, -0.2) is 0 Å². The van der Waals surface area contributed by atoms with Gasteiger partial charge in [-0.1, -0.05) is 36.4 Å². The lowest BCUT2D eigenvalue weighted by molar-refractivity contribution is -0.129. The van der Waals surface area contributed by atoms with Gasteiger partial charge in [0.25, 0.3) is 0 Å². The Balaban J connectivity index is 2.45. The van der Waals surface area contributed by atoms with Gasteiger partial charge in [-0.2, -0.15) is 0 Å². The third kappa shape index (κ3) is 4.50. The Kier molecular flexibility index (Phi) is 5.18. The van der Waals surface area contributed by atoms with E-state index in [0.717, 1.165) is 11.0 Å². The van der Waals surface area contributed by atoms with Gasteiger partial charge in [-0.05, 0) is 5.92 Å². The predicted octanol–water partition coefficient (Wildman–Crippen LogP) is 1.52. The van der Waals surface area contributed by atoms with Crippen molar-refractivity contribution >= 4 is 27.7 Å². The Bertz CT molecular complexity index is 328. The fourth-order valence-corrected chi connectivity index (χ4v) is 2.03. The second kappa shape index (κ2) is 6.19. The van der Waals surface area contributed by atoms with Crippen molar-refractivity contribution in [3.8, 4) is 0 Å². The van der Waals surface area contributed by atoms with E-state index < -0.39 is 0 Å². The number of carbonyl (C=O) groups excluding carboxylic acids is 2. The molecule has 0 bridgehead atoms. The number of likely N-dealkylation sites (tertiary alicyclic amines) is 1. The summed E-state index contributed by atoms with van der Waals surface area (Å²) < 4.78 is 0.731. The summed E-state index contributed by atoms with van der Waals surface area (Å²) in [6.45, 7) is 9.46. The molecule has 1 N–H and O–H groups in total. The first-order chi connectivity index (χ1) is 7.90. The molecule has 1 fully saturated rings. The third-order valence-electron chi connectivity index (χ3n) is 2.63. The van der Waals surface area contributed by atoms with Crippen LogP contribution < -0.4 is 5.32 Å². The fraction of sp³-hybridized carbons (Fsp3) is 0.667. The van der Waals surface area contributed by atoms with Crippen molar-refractivity contribution in [2.45, 2.75) is 20.3 Å². The van der Waals surface area contributed by atoms with Gasteiger partial charge in [0.1, 0.15) is 0 Å². The summed E-state index contributed by atoms with van der Waals surface area (Å²) in [5, 5.41) is 2.75. The number of carbonyl (C=O) groups is 2. The second-order valence-corrected chi connectivity index (χ2v) is 5.95. The molecule has 0 spiro atoms. The molecule has 1 saturated heterocycles. The molecule has 0 aromatic carbocycles. The maximum absolute atomic E-state index is 11.8. The Labute approximate surface area is 111 Å². The first-order valence-electron chi connectivity index (χ1n) is 5.79. The van der Waals surface area contributed by atoms with Gasteiger partial charge >= 0.3 is 0 Å². The van der Waals surface area contributed by atoms with E-state index in [0.29, 0.717) is 25.4 Å². The number of amides is 2. The number of nitrogens with zero attached hydrogens (tertiary/aromatic N) is 1. The molecule has 0 radical (unpaired) electrons. The maximum atomic E-state index is 11.8. The van der Waals surface area contributed by atoms with Crippen molar-refractivity contribution in [1.82, 2.24) is 10.2 Å². The predicted molar refractivity (Wildman–Crippen MR) is 70.6 cm³/mol. The Hall–Kier alpha value is -0.840. The molecule has 0 saturated carbocycles. The first-order valence-corrected chi connectivity index (χ1v) is 6.58. The van der Waals surface area contributed by atoms with E-state index in [9.17, 15) is 9.59 Å². The van der Waals surface area contributed by atoms with Gasteiger partial charge in [0.15, 0.2) is 0 Å². The molecule has 2 amide bonds. The van der Waals surface area contributed by atoms with Crippen LogP contribution in [0.1, 0.15) is 20.3 Å². The fourth-order valence-electron chi connectivity index (χ4n) is 1.89. The van der Waals surface area contributed by atoms with Crippen LogP contribution in [0.25, 0.3) is 0 Å². The zero-order valence-corrected chi connectivity index (χ0v) is 11.9. The van der Waals surface area contributed by atoms with Crippen molar-refractivity contribution in [2.75, 3.05) is 19.6 Å². The average molecular weight is 303 g/mol. The highest BCUT2D eigenvalue weighted by molar-refractivity contribution is 9.11. The highest BCUT2D eigenvalue weighted by Gasteiger charge is 2.34. The van der Waals surface area contributed by atoms with E-state index >= 15 is 0 Å². The van der Waals surface area contributed by atoms with E-state index in [1.807, 2.05) is 0 Å². The topological polar surface area (TPSA) is 49.4 Å². The summed E-state index contributed by atoms with van der Waals surface area (Å²) >= 11 is 3.18. The minimum atomic E-state index is -0.215. The number of nitrogens with one attached hydrogen (secondary N) is 1. The smallest absolute Gasteiger partial charge is 0.225 e. The molecule has 1 heterocycles. The van der Waals surface area contributed by atoms with Gasteiger partial charge < -0.3 is 10.2 Å². The van der Waals surface area contributed by atoms with Gasteiger partial charge in [0.2, 0.25) is 11.8 Å². The summed E-state index contributed by atoms with van der Waals surface area (Å²) in [6.07, 6.45) is 0.327. The monoisotopic (exact) mass is 302 g/mol. The van der Waals surface area contributed by atoms with E-state index in [1.54, 1.807) is 4.90 Å². The molecule has 1 aliphatic rings. The summed E-state index contributed by atoms with van der Waals surface area (Å²) in [6, 6.07) is 0. The Morgan fingerprint density at radius 1 is 1.65 bits per heavy atom. The third-order valence-corrected chi connectivity index (χ3v) is 2.91. The maximum Gasteiger partial charge on any atom is 0.225 e. The van der Waals surface area contributed by atoms with Crippen LogP contribution in [0.15, 0.2) is 11.1 Å². The van der Waals surface area contributed by atoms with Gasteiger partial charge in [-0.15, -0.1) is 0 Å². The molecule has 1 aliphatic heterocycles. The Morgan fingerprint density at radius 2 is 2.29 bits per heavy atom. The number of hydrogen-bond acceptors (Lipinski definition) is 2. The normalized spacial score (nSPS) is 19.9. The molecular weight excluding hydrogens is 284 g/mol. The van der Waals surface area contributed by atoms with Crippen LogP contribution in [0.3, 0.4) is 0 Å². The molecule has 0 aliphatic carbocycles. The van der Waals surface area contributed by atoms with Crippen LogP contribution in [-0.2, 0) is 9.59 Å². The highest BCUT2D eigenvalue weighted by Crippen LogP contribution is 2.19. The summed E-state index contributed by atoms with van der Waals surface area (Å²) in [7, 11) is 0. The first kappa shape index (κ1) is 14.2. The van der Waals surface area contributed by atoms with Crippen molar-refractivity contribution in [2.24, 2.45) is 11.8 Å². The lowest BCUT2D eigenvalue weighted by Gasteiger charge is -2.18. The molecular formula is C12H19BrN2O2. The quantitative estimate of drug-likeness (QED) is 0.837. The summed E-state index contributed by atoms with van der Waals surface area (Å²) in [5.41, 5.74) is 0. The van der Waals surface area contributed by atoms with Crippen LogP contribution in [-0.4, -0.2) is 36.3 Å². The minimum absolute atomic E-state index is 0.0646. The van der Waals surface area contributed by atoms with Crippen molar-refractivity contribution < 1.29 is 9.59 Å². The molecule has 1 rings (SSSR count). The largest absolute Gasteiger partial charge is 0.351 e. The lowest BCUT2D eigenvalue weighted by Crippen LogP contribution is -2.34. The molecule has 96 valence electrons. The highest BCUT2D eigenvalue weighted by atomic mass is 79.9. The van der Waals surface area contributed by atoms with Crippen molar-refractivity contribution in [1.29, 1.82) is 0 Å². The Morgan fingerprint density at radius 3 is 2.82 bits per heavy atom. The summed E-state index contributed by atoms with van der Waals surface area (Å²) in [5.74, 6) is 0.234. The standard InChI is InChI=1S/C12H19BrN2O2/c1-8(2)6-15-7-10(4-11(15)16)12(17)14-5-9(3)13/h8,10H,3-7H2,1-2H3,(H,14,17)/t10-/m0/s1. The molecule has 0 unspecified atom stereocenters. The van der Waals surface area contributed by atoms with Crippen LogP contribution in [0.2, 0.25) is 0 Å². The molecule has 0 aromatic rings. The van der Waals surface area contributed by atoms with Crippen molar-refractivity contribution in [3.05, 3.63) is 11.1 Å². The number of halogens is 1. The van der Waals surface area contributed by atoms with E-state index in [1.165, 1.54) is 0 Å². The molecule has 0 aromatic heterocycles. The van der Waals surface area contributed by atoms with Gasteiger partial charge in [-0.3, -0.25) is 9.59 Å². The van der Waals surface area contributed by atoms with Crippen molar-refractivity contribution in [3.63, 3.8) is 0 Å². The molecule has 1 atom stereocenters.